The Kier molecular flexibility index (Phi) is 6.35. The van der Waals surface area contributed by atoms with Crippen LogP contribution in [0.3, 0.4) is 0 Å². The van der Waals surface area contributed by atoms with Crippen LogP contribution in [-0.4, -0.2) is 19.7 Å². The Morgan fingerprint density at radius 2 is 1.68 bits per heavy atom. The van der Waals surface area contributed by atoms with Crippen LogP contribution < -0.4 is 5.32 Å². The monoisotopic (exact) mass is 357 g/mol. The lowest BCUT2D eigenvalue weighted by Gasteiger charge is -2.17. The molecule has 0 fully saturated rings. The fourth-order valence-corrected chi connectivity index (χ4v) is 3.15. The first kappa shape index (κ1) is 19.2. The highest BCUT2D eigenvalue weighted by molar-refractivity contribution is 7.62. The molecule has 2 rings (SSSR count). The van der Waals surface area contributed by atoms with E-state index in [9.17, 15) is 9.36 Å². The number of hydrogen-bond donors (Lipinski definition) is 1. The van der Waals surface area contributed by atoms with E-state index < -0.39 is 7.37 Å². The molecule has 1 atom stereocenters. The largest absolute Gasteiger partial charge is 0.328 e. The van der Waals surface area contributed by atoms with Crippen molar-refractivity contribution in [3.05, 3.63) is 76.7 Å². The summed E-state index contributed by atoms with van der Waals surface area (Å²) in [4.78, 5) is 12.4. The highest BCUT2D eigenvalue weighted by atomic mass is 31.2. The van der Waals surface area contributed by atoms with Crippen molar-refractivity contribution < 1.29 is 13.9 Å². The normalized spacial score (nSPS) is 14.2. The maximum Gasteiger partial charge on any atom is 0.255 e. The zero-order valence-electron chi connectivity index (χ0n) is 15.0. The molecule has 0 heterocycles. The lowest BCUT2D eigenvalue weighted by molar-refractivity contribution is 0.0967. The first-order valence-electron chi connectivity index (χ1n) is 8.15. The second-order valence-corrected chi connectivity index (χ2v) is 8.74. The zero-order chi connectivity index (χ0) is 18.4. The number of amides is 1. The van der Waals surface area contributed by atoms with Gasteiger partial charge >= 0.3 is 0 Å². The van der Waals surface area contributed by atoms with Crippen LogP contribution in [0.1, 0.15) is 41.3 Å². The van der Waals surface area contributed by atoms with Gasteiger partial charge in [-0.05, 0) is 35.3 Å². The predicted molar refractivity (Wildman–Crippen MR) is 103 cm³/mol. The summed E-state index contributed by atoms with van der Waals surface area (Å²) in [5.74, 6) is 0.122. The number of rotatable bonds is 6. The number of nitrogens with one attached hydrogen (secondary N) is 1. The minimum Gasteiger partial charge on any atom is -0.328 e. The SMILES string of the molecule is COP(C)(=O)/C(=C/c1ccc(C(C)C)cc1)NC(=O)c1ccccc1. The summed E-state index contributed by atoms with van der Waals surface area (Å²) in [6.45, 7) is 5.75. The van der Waals surface area contributed by atoms with Crippen LogP contribution >= 0.6 is 7.37 Å². The lowest BCUT2D eigenvalue weighted by Crippen LogP contribution is -2.23. The van der Waals surface area contributed by atoms with Gasteiger partial charge in [0.1, 0.15) is 5.44 Å². The van der Waals surface area contributed by atoms with Crippen molar-refractivity contribution in [2.24, 2.45) is 0 Å². The first-order chi connectivity index (χ1) is 11.8. The molecular weight excluding hydrogens is 333 g/mol. The van der Waals surface area contributed by atoms with Crippen LogP contribution in [0.25, 0.3) is 6.08 Å². The molecule has 0 aliphatic rings. The number of hydrogen-bond acceptors (Lipinski definition) is 3. The topological polar surface area (TPSA) is 55.4 Å². The van der Waals surface area contributed by atoms with E-state index in [1.165, 1.54) is 19.3 Å². The van der Waals surface area contributed by atoms with Crippen molar-refractivity contribution in [3.63, 3.8) is 0 Å². The molecule has 0 radical (unpaired) electrons. The quantitative estimate of drug-likeness (QED) is 0.733. The molecule has 1 unspecified atom stereocenters. The average molecular weight is 357 g/mol. The Morgan fingerprint density at radius 1 is 1.08 bits per heavy atom. The summed E-state index contributed by atoms with van der Waals surface area (Å²) < 4.78 is 17.9. The predicted octanol–water partition coefficient (Wildman–Crippen LogP) is 5.09. The van der Waals surface area contributed by atoms with Crippen LogP contribution in [0.4, 0.5) is 0 Å². The Balaban J connectivity index is 2.33. The van der Waals surface area contributed by atoms with Gasteiger partial charge in [-0.1, -0.05) is 56.3 Å². The molecule has 0 saturated heterocycles. The highest BCUT2D eigenvalue weighted by Gasteiger charge is 2.23. The molecule has 2 aromatic carbocycles. The molecule has 4 nitrogen and oxygen atoms in total. The van der Waals surface area contributed by atoms with E-state index in [0.717, 1.165) is 5.56 Å². The zero-order valence-corrected chi connectivity index (χ0v) is 15.9. The van der Waals surface area contributed by atoms with Crippen molar-refractivity contribution in [2.45, 2.75) is 19.8 Å². The molecule has 0 aromatic heterocycles. The van der Waals surface area contributed by atoms with E-state index in [1.54, 1.807) is 30.3 Å². The van der Waals surface area contributed by atoms with Crippen molar-refractivity contribution in [3.8, 4) is 0 Å². The van der Waals surface area contributed by atoms with Crippen LogP contribution in [0, 0.1) is 0 Å². The van der Waals surface area contributed by atoms with E-state index in [2.05, 4.69) is 19.2 Å². The van der Waals surface area contributed by atoms with Gasteiger partial charge in [0.05, 0.1) is 0 Å². The van der Waals surface area contributed by atoms with Crippen LogP contribution in [0.2, 0.25) is 0 Å². The van der Waals surface area contributed by atoms with Gasteiger partial charge in [-0.15, -0.1) is 0 Å². The molecule has 0 saturated carbocycles. The minimum absolute atomic E-state index is 0.279. The lowest BCUT2D eigenvalue weighted by atomic mass is 10.0. The molecule has 1 N–H and O–H groups in total. The van der Waals surface area contributed by atoms with Crippen molar-refractivity contribution >= 4 is 19.4 Å². The van der Waals surface area contributed by atoms with E-state index in [4.69, 9.17) is 4.52 Å². The van der Waals surface area contributed by atoms with Crippen molar-refractivity contribution in [2.75, 3.05) is 13.8 Å². The molecule has 0 aliphatic heterocycles. The second-order valence-electron chi connectivity index (χ2n) is 6.20. The molecule has 5 heteroatoms. The van der Waals surface area contributed by atoms with Gasteiger partial charge in [0, 0.05) is 19.3 Å². The molecule has 0 bridgehead atoms. The van der Waals surface area contributed by atoms with Crippen LogP contribution in [0.5, 0.6) is 0 Å². The van der Waals surface area contributed by atoms with Gasteiger partial charge in [-0.25, -0.2) is 0 Å². The second kappa shape index (κ2) is 8.28. The third-order valence-corrected chi connectivity index (χ3v) is 5.78. The summed E-state index contributed by atoms with van der Waals surface area (Å²) in [7, 11) is -1.75. The fraction of sp³-hybridized carbons (Fsp3) is 0.250. The maximum atomic E-state index is 12.7. The van der Waals surface area contributed by atoms with Gasteiger partial charge in [0.25, 0.3) is 5.91 Å². The van der Waals surface area contributed by atoms with E-state index in [1.807, 2.05) is 30.3 Å². The molecule has 0 aliphatic carbocycles. The Hall–Kier alpha value is -2.16. The fourth-order valence-electron chi connectivity index (χ4n) is 2.27. The number of benzene rings is 2. The van der Waals surface area contributed by atoms with E-state index in [-0.39, 0.29) is 11.3 Å². The Morgan fingerprint density at radius 3 is 2.20 bits per heavy atom. The first-order valence-corrected chi connectivity index (χ1v) is 10.2. The van der Waals surface area contributed by atoms with Crippen LogP contribution in [0.15, 0.2) is 60.0 Å². The summed E-state index contributed by atoms with van der Waals surface area (Å²) >= 11 is 0. The van der Waals surface area contributed by atoms with Gasteiger partial charge < -0.3 is 9.84 Å². The van der Waals surface area contributed by atoms with Crippen molar-refractivity contribution in [1.29, 1.82) is 0 Å². The minimum atomic E-state index is -3.13. The Bertz CT molecular complexity index is 795. The molecule has 132 valence electrons. The average Bonchev–Trinajstić information content (AvgIpc) is 2.62. The van der Waals surface area contributed by atoms with E-state index >= 15 is 0 Å². The van der Waals surface area contributed by atoms with Crippen molar-refractivity contribution in [1.82, 2.24) is 5.32 Å². The summed E-state index contributed by atoms with van der Waals surface area (Å²) in [5.41, 5.74) is 2.85. The Labute approximate surface area is 149 Å². The third kappa shape index (κ3) is 5.15. The van der Waals surface area contributed by atoms with Crippen LogP contribution in [-0.2, 0) is 9.09 Å². The van der Waals surface area contributed by atoms with Gasteiger partial charge in [0.15, 0.2) is 0 Å². The molecule has 1 amide bonds. The van der Waals surface area contributed by atoms with Gasteiger partial charge in [-0.3, -0.25) is 9.36 Å². The summed E-state index contributed by atoms with van der Waals surface area (Å²) in [6, 6.07) is 16.8. The molecule has 2 aromatic rings. The third-order valence-electron chi connectivity index (χ3n) is 3.97. The van der Waals surface area contributed by atoms with E-state index in [0.29, 0.717) is 11.5 Å². The maximum absolute atomic E-state index is 12.7. The molecule has 0 spiro atoms. The summed E-state index contributed by atoms with van der Waals surface area (Å²) in [5, 5.41) is 2.74. The molecule has 25 heavy (non-hydrogen) atoms. The summed E-state index contributed by atoms with van der Waals surface area (Å²) in [6.07, 6.45) is 1.70. The smallest absolute Gasteiger partial charge is 0.255 e. The van der Waals surface area contributed by atoms with Gasteiger partial charge in [-0.2, -0.15) is 0 Å². The standard InChI is InChI=1S/C20H24NO3P/c1-15(2)17-12-10-16(11-13-17)14-19(25(4,23)24-3)21-20(22)18-8-6-5-7-9-18/h5-15H,1-4H3,(H,21,22)/b19-14+. The molecular formula is C20H24NO3P. The van der Waals surface area contributed by atoms with Gasteiger partial charge in [0.2, 0.25) is 7.37 Å². The number of carbonyl (C=O) groups excluding carboxylic acids is 1. The number of carbonyl (C=O) groups is 1. The highest BCUT2D eigenvalue weighted by Crippen LogP contribution is 2.49.